The second kappa shape index (κ2) is 4.93. The van der Waals surface area contributed by atoms with E-state index in [2.05, 4.69) is 0 Å². The van der Waals surface area contributed by atoms with Gasteiger partial charge in [-0.05, 0) is 17.7 Å². The van der Waals surface area contributed by atoms with Gasteiger partial charge in [0.05, 0.1) is 10.9 Å². The van der Waals surface area contributed by atoms with Crippen molar-refractivity contribution in [1.82, 2.24) is 0 Å². The number of hydrogen-bond donors (Lipinski definition) is 0. The van der Waals surface area contributed by atoms with E-state index >= 15 is 0 Å². The molecule has 0 radical (unpaired) electrons. The zero-order valence-electron chi connectivity index (χ0n) is 7.85. The molecule has 0 amide bonds. The fourth-order valence-corrected chi connectivity index (χ4v) is 1.52. The molecular weight excluding hydrogens is 215 g/mol. The number of rotatable bonds is 2. The molecule has 0 aliphatic rings. The molecule has 14 heavy (non-hydrogen) atoms. The molecule has 0 N–H and O–H groups in total. The predicted molar refractivity (Wildman–Crippen MR) is 43.9 cm³/mol. The average molecular weight is 222 g/mol. The van der Waals surface area contributed by atoms with Gasteiger partial charge in [-0.25, -0.2) is 8.42 Å². The largest absolute Gasteiger partial charge is 1.00 e. The number of carbonyl (C=O) groups excluding carboxylic acids is 1. The van der Waals surface area contributed by atoms with Gasteiger partial charge in [0, 0.05) is 6.26 Å². The van der Waals surface area contributed by atoms with E-state index in [4.69, 9.17) is 0 Å². The Hall–Kier alpha value is -0.360. The first-order valence-electron chi connectivity index (χ1n) is 3.43. The molecular formula is C8H7NaO4S. The minimum Gasteiger partial charge on any atom is -0.545 e. The van der Waals surface area contributed by atoms with Gasteiger partial charge in [0.15, 0.2) is 9.84 Å². The van der Waals surface area contributed by atoms with E-state index in [0.29, 0.717) is 0 Å². The SMILES string of the molecule is CS(=O)(=O)c1cccc(C(=O)[O-])c1.[Na+]. The van der Waals surface area contributed by atoms with Gasteiger partial charge in [0.1, 0.15) is 0 Å². The maximum Gasteiger partial charge on any atom is 1.00 e. The van der Waals surface area contributed by atoms with Crippen LogP contribution in [0.25, 0.3) is 0 Å². The van der Waals surface area contributed by atoms with Crippen molar-refractivity contribution in [1.29, 1.82) is 0 Å². The maximum absolute atomic E-state index is 11.0. The van der Waals surface area contributed by atoms with E-state index in [1.54, 1.807) is 0 Å². The third kappa shape index (κ3) is 3.42. The predicted octanol–water partition coefficient (Wildman–Crippen LogP) is -3.54. The van der Waals surface area contributed by atoms with Crippen molar-refractivity contribution in [2.75, 3.05) is 6.26 Å². The molecule has 0 fully saturated rings. The summed E-state index contributed by atoms with van der Waals surface area (Å²) in [6.45, 7) is 0. The van der Waals surface area contributed by atoms with Gasteiger partial charge in [-0.3, -0.25) is 0 Å². The fourth-order valence-electron chi connectivity index (χ4n) is 0.854. The molecule has 0 saturated heterocycles. The van der Waals surface area contributed by atoms with Crippen molar-refractivity contribution in [2.45, 2.75) is 4.90 Å². The van der Waals surface area contributed by atoms with Crippen molar-refractivity contribution in [3.05, 3.63) is 29.8 Å². The van der Waals surface area contributed by atoms with Crippen molar-refractivity contribution >= 4 is 15.8 Å². The summed E-state index contributed by atoms with van der Waals surface area (Å²) in [6, 6.07) is 5.05. The molecule has 1 aromatic carbocycles. The molecule has 0 aliphatic carbocycles. The number of carboxylic acids is 1. The summed E-state index contributed by atoms with van der Waals surface area (Å²) in [5.74, 6) is -1.38. The Labute approximate surface area is 104 Å². The van der Waals surface area contributed by atoms with Crippen LogP contribution in [0.5, 0.6) is 0 Å². The van der Waals surface area contributed by atoms with Crippen LogP contribution in [0.4, 0.5) is 0 Å². The Kier molecular flexibility index (Phi) is 4.80. The summed E-state index contributed by atoms with van der Waals surface area (Å²) in [6.07, 6.45) is 1.02. The Bertz CT molecular complexity index is 438. The van der Waals surface area contributed by atoms with Crippen molar-refractivity contribution < 1.29 is 47.9 Å². The fraction of sp³-hybridized carbons (Fsp3) is 0.125. The smallest absolute Gasteiger partial charge is 0.545 e. The van der Waals surface area contributed by atoms with Crippen LogP contribution >= 0.6 is 0 Å². The van der Waals surface area contributed by atoms with Gasteiger partial charge in [-0.2, -0.15) is 0 Å². The summed E-state index contributed by atoms with van der Waals surface area (Å²) in [4.78, 5) is 10.4. The summed E-state index contributed by atoms with van der Waals surface area (Å²) >= 11 is 0. The van der Waals surface area contributed by atoms with E-state index in [0.717, 1.165) is 12.3 Å². The van der Waals surface area contributed by atoms with E-state index < -0.39 is 15.8 Å². The zero-order chi connectivity index (χ0) is 10.1. The zero-order valence-corrected chi connectivity index (χ0v) is 10.7. The number of hydrogen-bond acceptors (Lipinski definition) is 4. The molecule has 6 heteroatoms. The molecule has 0 heterocycles. The summed E-state index contributed by atoms with van der Waals surface area (Å²) in [7, 11) is -3.35. The van der Waals surface area contributed by atoms with E-state index in [-0.39, 0.29) is 40.0 Å². The third-order valence-corrected chi connectivity index (χ3v) is 2.61. The van der Waals surface area contributed by atoms with Gasteiger partial charge in [0.2, 0.25) is 0 Å². The molecule has 70 valence electrons. The molecule has 1 aromatic rings. The monoisotopic (exact) mass is 222 g/mol. The third-order valence-electron chi connectivity index (χ3n) is 1.50. The number of carbonyl (C=O) groups is 1. The number of sulfone groups is 1. The van der Waals surface area contributed by atoms with Gasteiger partial charge in [-0.1, -0.05) is 12.1 Å². The number of aromatic carboxylic acids is 1. The van der Waals surface area contributed by atoms with Gasteiger partial charge in [0.25, 0.3) is 0 Å². The molecule has 0 atom stereocenters. The molecule has 0 saturated carbocycles. The van der Waals surface area contributed by atoms with Crippen LogP contribution in [0.1, 0.15) is 10.4 Å². The second-order valence-corrected chi connectivity index (χ2v) is 4.60. The van der Waals surface area contributed by atoms with Crippen molar-refractivity contribution in [2.24, 2.45) is 0 Å². The topological polar surface area (TPSA) is 74.3 Å². The molecule has 1 rings (SSSR count). The van der Waals surface area contributed by atoms with Crippen LogP contribution < -0.4 is 34.7 Å². The van der Waals surface area contributed by atoms with Crippen molar-refractivity contribution in [3.8, 4) is 0 Å². The van der Waals surface area contributed by atoms with E-state index in [9.17, 15) is 18.3 Å². The maximum atomic E-state index is 11.0. The Morgan fingerprint density at radius 1 is 1.36 bits per heavy atom. The first-order valence-corrected chi connectivity index (χ1v) is 5.32. The van der Waals surface area contributed by atoms with Crippen LogP contribution in [0, 0.1) is 0 Å². The first kappa shape index (κ1) is 13.6. The number of carboxylic acid groups (broad SMARTS) is 1. The minimum absolute atomic E-state index is 0. The Morgan fingerprint density at radius 2 is 1.93 bits per heavy atom. The van der Waals surface area contributed by atoms with Gasteiger partial charge < -0.3 is 9.90 Å². The van der Waals surface area contributed by atoms with Gasteiger partial charge in [-0.15, -0.1) is 0 Å². The molecule has 0 unspecified atom stereocenters. The summed E-state index contributed by atoms with van der Waals surface area (Å²) in [5.41, 5.74) is -0.136. The standard InChI is InChI=1S/C8H8O4S.Na/c1-13(11,12)7-4-2-3-6(5-7)8(9)10;/h2-5H,1H3,(H,9,10);/q;+1/p-1. The van der Waals surface area contributed by atoms with Crippen LogP contribution in [-0.2, 0) is 9.84 Å². The quantitative estimate of drug-likeness (QED) is 0.486. The Balaban J connectivity index is 0.00000169. The van der Waals surface area contributed by atoms with Crippen LogP contribution in [-0.4, -0.2) is 20.6 Å². The molecule has 0 spiro atoms. The van der Waals surface area contributed by atoms with Crippen molar-refractivity contribution in [3.63, 3.8) is 0 Å². The van der Waals surface area contributed by atoms with E-state index in [1.807, 2.05) is 0 Å². The van der Waals surface area contributed by atoms with Gasteiger partial charge >= 0.3 is 29.6 Å². The van der Waals surface area contributed by atoms with Crippen LogP contribution in [0.3, 0.4) is 0 Å². The second-order valence-electron chi connectivity index (χ2n) is 2.59. The Morgan fingerprint density at radius 3 is 2.36 bits per heavy atom. The summed E-state index contributed by atoms with van der Waals surface area (Å²) in [5, 5.41) is 10.4. The first-order chi connectivity index (χ1) is 5.91. The van der Waals surface area contributed by atoms with Crippen LogP contribution in [0.15, 0.2) is 29.2 Å². The normalized spacial score (nSPS) is 10.4. The molecule has 0 aliphatic heterocycles. The van der Waals surface area contributed by atoms with Crippen LogP contribution in [0.2, 0.25) is 0 Å². The van der Waals surface area contributed by atoms with E-state index in [1.165, 1.54) is 18.2 Å². The molecule has 0 aromatic heterocycles. The molecule has 0 bridgehead atoms. The average Bonchev–Trinajstić information content (AvgIpc) is 2.03. The minimum atomic E-state index is -3.35. The number of benzene rings is 1. The molecule has 4 nitrogen and oxygen atoms in total. The summed E-state index contributed by atoms with van der Waals surface area (Å²) < 4.78 is 22.0.